The third-order valence-electron chi connectivity index (χ3n) is 2.44. The zero-order valence-electron chi connectivity index (χ0n) is 8.90. The molecule has 1 aromatic heterocycles. The van der Waals surface area contributed by atoms with Crippen molar-refractivity contribution in [2.45, 2.75) is 12.6 Å². The Morgan fingerprint density at radius 2 is 1.94 bits per heavy atom. The molecule has 0 spiro atoms. The Hall–Kier alpha value is -1.19. The van der Waals surface area contributed by atoms with Gasteiger partial charge in [-0.3, -0.25) is 0 Å². The highest BCUT2D eigenvalue weighted by Gasteiger charge is 2.10. The van der Waals surface area contributed by atoms with Gasteiger partial charge in [0.15, 0.2) is 0 Å². The maximum absolute atomic E-state index is 12.9. The third-order valence-corrected chi connectivity index (χ3v) is 3.42. The molecule has 1 unspecified atom stereocenters. The highest BCUT2D eigenvalue weighted by molar-refractivity contribution is 7.10. The van der Waals surface area contributed by atoms with Crippen LogP contribution in [0.3, 0.4) is 0 Å². The van der Waals surface area contributed by atoms with E-state index in [1.807, 2.05) is 47.8 Å². The zero-order valence-corrected chi connectivity index (χ0v) is 9.71. The van der Waals surface area contributed by atoms with Crippen molar-refractivity contribution in [3.63, 3.8) is 0 Å². The van der Waals surface area contributed by atoms with Crippen molar-refractivity contribution in [2.75, 3.05) is 6.67 Å². The lowest BCUT2D eigenvalue weighted by Crippen LogP contribution is -2.21. The summed E-state index contributed by atoms with van der Waals surface area (Å²) in [6.45, 7) is 0.334. The van der Waals surface area contributed by atoms with Gasteiger partial charge >= 0.3 is 0 Å². The maximum atomic E-state index is 12.9. The highest BCUT2D eigenvalue weighted by atomic mass is 32.1. The maximum Gasteiger partial charge on any atom is 0.110 e. The summed E-state index contributed by atoms with van der Waals surface area (Å²) in [7, 11) is 0. The average Bonchev–Trinajstić information content (AvgIpc) is 2.85. The van der Waals surface area contributed by atoms with Gasteiger partial charge in [-0.15, -0.1) is 11.3 Å². The number of thiophene rings is 1. The molecular formula is C13H14FNS. The largest absolute Gasteiger partial charge is 0.303 e. The molecule has 2 aromatic rings. The van der Waals surface area contributed by atoms with E-state index in [0.29, 0.717) is 6.54 Å². The van der Waals surface area contributed by atoms with Crippen molar-refractivity contribution >= 4 is 11.3 Å². The molecule has 16 heavy (non-hydrogen) atoms. The van der Waals surface area contributed by atoms with Gasteiger partial charge in [-0.1, -0.05) is 36.4 Å². The molecule has 0 aliphatic carbocycles. The van der Waals surface area contributed by atoms with Gasteiger partial charge in [-0.2, -0.15) is 0 Å². The fraction of sp³-hybridized carbons (Fsp3) is 0.231. The van der Waals surface area contributed by atoms with Crippen LogP contribution in [0.25, 0.3) is 0 Å². The second kappa shape index (κ2) is 5.77. The highest BCUT2D eigenvalue weighted by Crippen LogP contribution is 2.19. The lowest BCUT2D eigenvalue weighted by molar-refractivity contribution is 0.384. The molecule has 0 saturated heterocycles. The summed E-state index contributed by atoms with van der Waals surface area (Å²) in [5.74, 6) is 0. The van der Waals surface area contributed by atoms with Gasteiger partial charge in [0.1, 0.15) is 6.67 Å². The summed E-state index contributed by atoms with van der Waals surface area (Å²) in [6.07, 6.45) is 0. The first-order valence-corrected chi connectivity index (χ1v) is 6.15. The van der Waals surface area contributed by atoms with Gasteiger partial charge in [-0.25, -0.2) is 4.39 Å². The van der Waals surface area contributed by atoms with E-state index >= 15 is 0 Å². The van der Waals surface area contributed by atoms with Gasteiger partial charge in [0.05, 0.1) is 6.04 Å². The van der Waals surface area contributed by atoms with E-state index in [0.717, 1.165) is 4.88 Å². The van der Waals surface area contributed by atoms with Crippen LogP contribution in [-0.4, -0.2) is 6.67 Å². The smallest absolute Gasteiger partial charge is 0.110 e. The molecule has 2 rings (SSSR count). The molecule has 0 radical (unpaired) electrons. The summed E-state index contributed by atoms with van der Waals surface area (Å²) in [5.41, 5.74) is 1.18. The van der Waals surface area contributed by atoms with E-state index in [1.54, 1.807) is 11.3 Å². The summed E-state index contributed by atoms with van der Waals surface area (Å²) in [4.78, 5) is 1.05. The van der Waals surface area contributed by atoms with Gasteiger partial charge < -0.3 is 5.32 Å². The first-order chi connectivity index (χ1) is 7.90. The number of rotatable bonds is 5. The molecule has 0 fully saturated rings. The van der Waals surface area contributed by atoms with Crippen LogP contribution < -0.4 is 5.32 Å². The van der Waals surface area contributed by atoms with Gasteiger partial charge in [-0.05, 0) is 17.0 Å². The van der Waals surface area contributed by atoms with Crippen molar-refractivity contribution in [3.05, 3.63) is 58.3 Å². The van der Waals surface area contributed by atoms with Crippen molar-refractivity contribution in [1.82, 2.24) is 5.32 Å². The Morgan fingerprint density at radius 3 is 2.56 bits per heavy atom. The fourth-order valence-electron chi connectivity index (χ4n) is 1.56. The van der Waals surface area contributed by atoms with E-state index in [2.05, 4.69) is 5.32 Å². The Morgan fingerprint density at radius 1 is 1.12 bits per heavy atom. The van der Waals surface area contributed by atoms with E-state index in [-0.39, 0.29) is 12.7 Å². The second-order valence-electron chi connectivity index (χ2n) is 3.59. The molecule has 84 valence electrons. The van der Waals surface area contributed by atoms with Crippen molar-refractivity contribution in [2.24, 2.45) is 0 Å². The second-order valence-corrected chi connectivity index (χ2v) is 4.57. The van der Waals surface area contributed by atoms with Gasteiger partial charge in [0.2, 0.25) is 0 Å². The summed E-state index contributed by atoms with van der Waals surface area (Å²) < 4.78 is 12.9. The van der Waals surface area contributed by atoms with E-state index < -0.39 is 0 Å². The molecule has 1 atom stereocenters. The normalized spacial score (nSPS) is 12.6. The van der Waals surface area contributed by atoms with Crippen LogP contribution in [0.2, 0.25) is 0 Å². The first kappa shape index (κ1) is 11.3. The Kier molecular flexibility index (Phi) is 4.08. The third kappa shape index (κ3) is 2.90. The van der Waals surface area contributed by atoms with Crippen LogP contribution in [0.5, 0.6) is 0 Å². The van der Waals surface area contributed by atoms with Crippen LogP contribution in [-0.2, 0) is 6.54 Å². The minimum atomic E-state index is -0.368. The molecule has 1 nitrogen and oxygen atoms in total. The molecule has 0 aliphatic heterocycles. The molecule has 0 amide bonds. The molecular weight excluding hydrogens is 221 g/mol. The lowest BCUT2D eigenvalue weighted by Gasteiger charge is -2.13. The molecule has 0 aliphatic rings. The number of alkyl halides is 1. The van der Waals surface area contributed by atoms with Crippen LogP contribution in [0, 0.1) is 0 Å². The minimum Gasteiger partial charge on any atom is -0.303 e. The SMILES string of the molecule is FCC(NCc1ccccc1)c1cccs1. The van der Waals surface area contributed by atoms with Crippen molar-refractivity contribution in [3.8, 4) is 0 Å². The lowest BCUT2D eigenvalue weighted by atomic mass is 10.2. The topological polar surface area (TPSA) is 12.0 Å². The minimum absolute atomic E-state index is 0.180. The predicted molar refractivity (Wildman–Crippen MR) is 66.3 cm³/mol. The van der Waals surface area contributed by atoms with Crippen molar-refractivity contribution in [1.29, 1.82) is 0 Å². The number of hydrogen-bond acceptors (Lipinski definition) is 2. The number of halogens is 1. The Labute approximate surface area is 98.9 Å². The number of benzene rings is 1. The summed E-state index contributed by atoms with van der Waals surface area (Å²) in [5, 5.41) is 5.20. The van der Waals surface area contributed by atoms with E-state index in [4.69, 9.17) is 0 Å². The Bertz CT molecular complexity index is 399. The molecule has 3 heteroatoms. The van der Waals surface area contributed by atoms with E-state index in [1.165, 1.54) is 5.56 Å². The fourth-order valence-corrected chi connectivity index (χ4v) is 2.34. The first-order valence-electron chi connectivity index (χ1n) is 5.27. The number of hydrogen-bond donors (Lipinski definition) is 1. The van der Waals surface area contributed by atoms with Crippen LogP contribution in [0.1, 0.15) is 16.5 Å². The Balaban J connectivity index is 1.94. The molecule has 0 bridgehead atoms. The summed E-state index contributed by atoms with van der Waals surface area (Å²) in [6, 6.07) is 13.8. The summed E-state index contributed by atoms with van der Waals surface area (Å²) >= 11 is 1.59. The molecule has 1 heterocycles. The van der Waals surface area contributed by atoms with Gasteiger partial charge in [0, 0.05) is 11.4 Å². The zero-order chi connectivity index (χ0) is 11.2. The number of nitrogens with one attached hydrogen (secondary N) is 1. The molecule has 1 N–H and O–H groups in total. The van der Waals surface area contributed by atoms with E-state index in [9.17, 15) is 4.39 Å². The van der Waals surface area contributed by atoms with Crippen molar-refractivity contribution < 1.29 is 4.39 Å². The monoisotopic (exact) mass is 235 g/mol. The van der Waals surface area contributed by atoms with Crippen LogP contribution in [0.15, 0.2) is 47.8 Å². The van der Waals surface area contributed by atoms with Crippen LogP contribution >= 0.6 is 11.3 Å². The predicted octanol–water partition coefficient (Wildman–Crippen LogP) is 3.55. The average molecular weight is 235 g/mol. The quantitative estimate of drug-likeness (QED) is 0.835. The molecule has 1 aromatic carbocycles. The molecule has 0 saturated carbocycles. The standard InChI is InChI=1S/C13H14FNS/c14-9-12(13-7-4-8-16-13)15-10-11-5-2-1-3-6-11/h1-8,12,15H,9-10H2. The van der Waals surface area contributed by atoms with Crippen LogP contribution in [0.4, 0.5) is 4.39 Å². The van der Waals surface area contributed by atoms with Gasteiger partial charge in [0.25, 0.3) is 0 Å².